The van der Waals surface area contributed by atoms with Crippen LogP contribution in [0.3, 0.4) is 0 Å². The Morgan fingerprint density at radius 1 is 0.507 bits per heavy atom. The SMILES string of the molecule is Cc1cccc(C)c1-c1cc(Oc2ccc3c4ccccc4n(-c4cc(C(C)(C)C)ccn4)c3c2)cc(N2CN(c3c(-c4cc(F)cc(F)c4)cccc3-c3cc(F)cc(F)c3)c3ccccc32)c1. The number of hydrogen-bond donors (Lipinski definition) is 0. The quantitative estimate of drug-likeness (QED) is 0.142. The van der Waals surface area contributed by atoms with E-state index in [1.165, 1.54) is 29.8 Å². The largest absolute Gasteiger partial charge is 0.457 e. The smallest absolute Gasteiger partial charge is 0.137 e. The molecule has 0 radical (unpaired) electrons. The van der Waals surface area contributed by atoms with Crippen LogP contribution in [-0.4, -0.2) is 16.2 Å². The number of para-hydroxylation sites is 4. The van der Waals surface area contributed by atoms with Crippen molar-refractivity contribution in [3.63, 3.8) is 0 Å². The standard InChI is InChI=1S/C60H46F4N4O/c1-36-12-10-13-37(2)58(36)40-28-46(33-48(29-40)69-47-20-21-52-51-14-6-7-17-53(51)68(56(52)34-47)57-30-41(22-23-65-57)60(3,4)5)66-35-67(55-19-9-8-18-54(55)66)59-49(38-24-42(61)31-43(62)25-38)15-11-16-50(59)39-26-44(63)32-45(64)27-39/h6-34H,35H2,1-5H3. The lowest BCUT2D eigenvalue weighted by Gasteiger charge is -2.27. The second-order valence-electron chi connectivity index (χ2n) is 18.8. The van der Waals surface area contributed by atoms with Crippen LogP contribution in [0.15, 0.2) is 176 Å². The highest BCUT2D eigenvalue weighted by atomic mass is 19.1. The first-order chi connectivity index (χ1) is 33.3. The van der Waals surface area contributed by atoms with Gasteiger partial charge in [-0.25, -0.2) is 22.5 Å². The Balaban J connectivity index is 1.07. The Hall–Kier alpha value is -8.17. The molecule has 1 aliphatic rings. The monoisotopic (exact) mass is 914 g/mol. The van der Waals surface area contributed by atoms with Crippen LogP contribution in [0.4, 0.5) is 40.3 Å². The second kappa shape index (κ2) is 16.9. The molecule has 2 aromatic heterocycles. The van der Waals surface area contributed by atoms with E-state index in [0.717, 1.165) is 79.1 Å². The fourth-order valence-corrected chi connectivity index (χ4v) is 9.96. The predicted molar refractivity (Wildman–Crippen MR) is 271 cm³/mol. The predicted octanol–water partition coefficient (Wildman–Crippen LogP) is 16.7. The van der Waals surface area contributed by atoms with E-state index in [1.807, 2.05) is 59.6 Å². The van der Waals surface area contributed by atoms with Gasteiger partial charge in [0, 0.05) is 58.0 Å². The average molecular weight is 915 g/mol. The average Bonchev–Trinajstić information content (AvgIpc) is 3.86. The van der Waals surface area contributed by atoms with Gasteiger partial charge in [-0.1, -0.05) is 87.5 Å². The van der Waals surface area contributed by atoms with E-state index in [0.29, 0.717) is 28.3 Å². The van der Waals surface area contributed by atoms with Crippen molar-refractivity contribution in [2.75, 3.05) is 16.5 Å². The highest BCUT2D eigenvalue weighted by molar-refractivity contribution is 6.09. The maximum Gasteiger partial charge on any atom is 0.137 e. The minimum Gasteiger partial charge on any atom is -0.457 e. The van der Waals surface area contributed by atoms with E-state index in [1.54, 1.807) is 18.2 Å². The van der Waals surface area contributed by atoms with E-state index >= 15 is 17.6 Å². The number of anilines is 4. The fraction of sp³-hybridized carbons (Fsp3) is 0.117. The summed E-state index contributed by atoms with van der Waals surface area (Å²) in [4.78, 5) is 9.07. The van der Waals surface area contributed by atoms with Crippen molar-refractivity contribution in [3.8, 4) is 50.7 Å². The third-order valence-corrected chi connectivity index (χ3v) is 13.1. The van der Waals surface area contributed by atoms with Gasteiger partial charge in [-0.3, -0.25) is 4.57 Å². The fourth-order valence-electron chi connectivity index (χ4n) is 9.96. The topological polar surface area (TPSA) is 33.5 Å². The number of hydrogen-bond acceptors (Lipinski definition) is 4. The van der Waals surface area contributed by atoms with Crippen molar-refractivity contribution in [1.82, 2.24) is 9.55 Å². The molecule has 11 rings (SSSR count). The molecular formula is C60H46F4N4O. The zero-order valence-corrected chi connectivity index (χ0v) is 38.7. The second-order valence-corrected chi connectivity index (χ2v) is 18.8. The molecule has 0 spiro atoms. The minimum absolute atomic E-state index is 0.0805. The van der Waals surface area contributed by atoms with Crippen molar-refractivity contribution < 1.29 is 22.3 Å². The van der Waals surface area contributed by atoms with Gasteiger partial charge >= 0.3 is 0 Å². The van der Waals surface area contributed by atoms with E-state index < -0.39 is 23.3 Å². The third-order valence-electron chi connectivity index (χ3n) is 13.1. The maximum absolute atomic E-state index is 15.0. The first kappa shape index (κ1) is 43.4. The van der Waals surface area contributed by atoms with Gasteiger partial charge in [-0.05, 0) is 137 Å². The molecule has 0 fully saturated rings. The normalized spacial score (nSPS) is 12.6. The van der Waals surface area contributed by atoms with Crippen LogP contribution in [0.5, 0.6) is 11.5 Å². The molecule has 0 saturated heterocycles. The van der Waals surface area contributed by atoms with Crippen LogP contribution in [0.1, 0.15) is 37.5 Å². The number of nitrogens with zero attached hydrogens (tertiary/aromatic N) is 4. The molecule has 0 bridgehead atoms. The lowest BCUT2D eigenvalue weighted by molar-refractivity contribution is 0.483. The van der Waals surface area contributed by atoms with Crippen LogP contribution in [0.2, 0.25) is 0 Å². The number of benzene rings is 8. The molecule has 1 aliphatic heterocycles. The first-order valence-electron chi connectivity index (χ1n) is 22.9. The van der Waals surface area contributed by atoms with Gasteiger partial charge in [0.25, 0.3) is 0 Å². The van der Waals surface area contributed by atoms with Crippen molar-refractivity contribution >= 4 is 44.6 Å². The van der Waals surface area contributed by atoms with Crippen LogP contribution < -0.4 is 14.5 Å². The summed E-state index contributed by atoms with van der Waals surface area (Å²) in [6.45, 7) is 11.0. The third kappa shape index (κ3) is 7.93. The summed E-state index contributed by atoms with van der Waals surface area (Å²) in [5, 5.41) is 2.18. The van der Waals surface area contributed by atoms with E-state index in [-0.39, 0.29) is 23.2 Å². The van der Waals surface area contributed by atoms with Gasteiger partial charge in [0.05, 0.1) is 28.1 Å². The Bertz CT molecular complexity index is 3540. The van der Waals surface area contributed by atoms with Crippen LogP contribution >= 0.6 is 0 Å². The lowest BCUT2D eigenvalue weighted by Crippen LogP contribution is -2.25. The Morgan fingerprint density at radius 2 is 1.10 bits per heavy atom. The molecule has 3 heterocycles. The summed E-state index contributed by atoms with van der Waals surface area (Å²) < 4.78 is 69.2. The van der Waals surface area contributed by atoms with E-state index in [2.05, 4.69) is 111 Å². The lowest BCUT2D eigenvalue weighted by atomic mass is 9.88. The summed E-state index contributed by atoms with van der Waals surface area (Å²) in [6, 6.07) is 51.1. The van der Waals surface area contributed by atoms with Gasteiger partial charge in [-0.2, -0.15) is 0 Å². The van der Waals surface area contributed by atoms with Gasteiger partial charge in [0.2, 0.25) is 0 Å². The Kier molecular flexibility index (Phi) is 10.6. The number of pyridine rings is 1. The molecular weight excluding hydrogens is 869 g/mol. The number of halogens is 4. The van der Waals surface area contributed by atoms with Crippen LogP contribution in [0.25, 0.3) is 61.0 Å². The summed E-state index contributed by atoms with van der Waals surface area (Å²) >= 11 is 0. The molecule has 0 unspecified atom stereocenters. The Labute approximate surface area is 398 Å². The van der Waals surface area contributed by atoms with Crippen LogP contribution in [0, 0.1) is 37.1 Å². The molecule has 0 aliphatic carbocycles. The highest BCUT2D eigenvalue weighted by Gasteiger charge is 2.32. The Morgan fingerprint density at radius 3 is 1.75 bits per heavy atom. The number of aromatic nitrogens is 2. The van der Waals surface area contributed by atoms with E-state index in [9.17, 15) is 0 Å². The summed E-state index contributed by atoms with van der Waals surface area (Å²) in [7, 11) is 0. The summed E-state index contributed by atoms with van der Waals surface area (Å²) in [5.41, 5.74) is 11.8. The number of rotatable bonds is 8. The molecule has 9 heteroatoms. The van der Waals surface area contributed by atoms with Gasteiger partial charge in [-0.15, -0.1) is 0 Å². The molecule has 0 N–H and O–H groups in total. The molecule has 5 nitrogen and oxygen atoms in total. The van der Waals surface area contributed by atoms with Crippen molar-refractivity contribution in [3.05, 3.63) is 216 Å². The van der Waals surface area contributed by atoms with Gasteiger partial charge < -0.3 is 14.5 Å². The molecule has 0 amide bonds. The van der Waals surface area contributed by atoms with Crippen molar-refractivity contribution in [2.24, 2.45) is 0 Å². The maximum atomic E-state index is 15.0. The number of fused-ring (bicyclic) bond motifs is 4. The minimum atomic E-state index is -0.746. The molecule has 8 aromatic carbocycles. The van der Waals surface area contributed by atoms with Gasteiger partial charge in [0.15, 0.2) is 0 Å². The number of aryl methyl sites for hydroxylation is 2. The van der Waals surface area contributed by atoms with Crippen molar-refractivity contribution in [2.45, 2.75) is 40.0 Å². The van der Waals surface area contributed by atoms with Crippen molar-refractivity contribution in [1.29, 1.82) is 0 Å². The van der Waals surface area contributed by atoms with Crippen LogP contribution in [-0.2, 0) is 5.41 Å². The summed E-state index contributed by atoms with van der Waals surface area (Å²) in [6.07, 6.45) is 1.87. The molecule has 10 aromatic rings. The molecule has 69 heavy (non-hydrogen) atoms. The number of ether oxygens (including phenoxy) is 1. The zero-order chi connectivity index (χ0) is 47.7. The first-order valence-corrected chi connectivity index (χ1v) is 22.9. The molecule has 0 saturated carbocycles. The molecule has 0 atom stereocenters. The summed E-state index contributed by atoms with van der Waals surface area (Å²) in [5.74, 6) is -0.933. The highest BCUT2D eigenvalue weighted by Crippen LogP contribution is 2.51. The van der Waals surface area contributed by atoms with Gasteiger partial charge in [0.1, 0.15) is 47.3 Å². The molecule has 340 valence electrons. The zero-order valence-electron chi connectivity index (χ0n) is 38.7. The van der Waals surface area contributed by atoms with E-state index in [4.69, 9.17) is 9.72 Å².